The van der Waals surface area contributed by atoms with Crippen LogP contribution >= 0.6 is 0 Å². The molecule has 2 aliphatic rings. The van der Waals surface area contributed by atoms with Crippen LogP contribution in [0.5, 0.6) is 0 Å². The average Bonchev–Trinajstić information content (AvgIpc) is 2.11. The molecule has 2 rings (SSSR count). The molecule has 1 aliphatic carbocycles. The Bertz CT molecular complexity index is 268. The monoisotopic (exact) mass is 237 g/mol. The van der Waals surface area contributed by atoms with Crippen molar-refractivity contribution < 1.29 is 0 Å². The van der Waals surface area contributed by atoms with Gasteiger partial charge in [0, 0.05) is 19.1 Å². The molecule has 1 spiro atoms. The lowest BCUT2D eigenvalue weighted by Crippen LogP contribution is -2.61. The van der Waals surface area contributed by atoms with Gasteiger partial charge in [-0.05, 0) is 55.8 Å². The molecule has 0 N–H and O–H groups in total. The second-order valence-electron chi connectivity index (χ2n) is 8.19. The van der Waals surface area contributed by atoms with E-state index in [-0.39, 0.29) is 0 Å². The van der Waals surface area contributed by atoms with E-state index in [2.05, 4.69) is 46.4 Å². The summed E-state index contributed by atoms with van der Waals surface area (Å²) in [7, 11) is 0. The zero-order valence-corrected chi connectivity index (χ0v) is 12.7. The fourth-order valence-electron chi connectivity index (χ4n) is 4.43. The standard InChI is InChI=1S/C16H31N/c1-12(2)17-10-16(11-17)8-7-14(13(3)9-16)15(4,5)6/h12-14H,7-11H2,1-6H3/t13-,14?/m1/s1. The van der Waals surface area contributed by atoms with Crippen LogP contribution in [0.4, 0.5) is 0 Å². The van der Waals surface area contributed by atoms with E-state index in [0.29, 0.717) is 10.8 Å². The van der Waals surface area contributed by atoms with Crippen molar-refractivity contribution in [3.8, 4) is 0 Å². The molecule has 0 aromatic rings. The van der Waals surface area contributed by atoms with Gasteiger partial charge >= 0.3 is 0 Å². The molecule has 1 unspecified atom stereocenters. The third-order valence-corrected chi connectivity index (χ3v) is 5.35. The molecule has 17 heavy (non-hydrogen) atoms. The Morgan fingerprint density at radius 3 is 2.18 bits per heavy atom. The van der Waals surface area contributed by atoms with Crippen molar-refractivity contribution in [3.63, 3.8) is 0 Å². The third kappa shape index (κ3) is 2.54. The average molecular weight is 237 g/mol. The van der Waals surface area contributed by atoms with Gasteiger partial charge in [-0.25, -0.2) is 0 Å². The van der Waals surface area contributed by atoms with Crippen molar-refractivity contribution in [2.24, 2.45) is 22.7 Å². The zero-order valence-electron chi connectivity index (χ0n) is 12.7. The molecule has 0 aromatic carbocycles. The minimum absolute atomic E-state index is 0.502. The van der Waals surface area contributed by atoms with Gasteiger partial charge in [0.1, 0.15) is 0 Å². The summed E-state index contributed by atoms with van der Waals surface area (Å²) in [5.41, 5.74) is 1.20. The summed E-state index contributed by atoms with van der Waals surface area (Å²) in [6.45, 7) is 17.2. The van der Waals surface area contributed by atoms with Gasteiger partial charge in [0.25, 0.3) is 0 Å². The van der Waals surface area contributed by atoms with Crippen molar-refractivity contribution in [2.45, 2.75) is 66.8 Å². The molecule has 0 aromatic heterocycles. The molecule has 0 radical (unpaired) electrons. The van der Waals surface area contributed by atoms with Crippen molar-refractivity contribution in [1.29, 1.82) is 0 Å². The Morgan fingerprint density at radius 1 is 1.18 bits per heavy atom. The van der Waals surface area contributed by atoms with Crippen molar-refractivity contribution >= 4 is 0 Å². The number of likely N-dealkylation sites (tertiary alicyclic amines) is 1. The highest BCUT2D eigenvalue weighted by Crippen LogP contribution is 2.52. The van der Waals surface area contributed by atoms with Gasteiger partial charge in [-0.3, -0.25) is 4.90 Å². The predicted molar refractivity (Wildman–Crippen MR) is 75.1 cm³/mol. The lowest BCUT2D eigenvalue weighted by atomic mass is 9.57. The zero-order chi connectivity index (χ0) is 12.8. The minimum atomic E-state index is 0.502. The lowest BCUT2D eigenvalue weighted by molar-refractivity contribution is -0.0839. The predicted octanol–water partition coefficient (Wildman–Crippen LogP) is 4.18. The van der Waals surface area contributed by atoms with Gasteiger partial charge in [0.15, 0.2) is 0 Å². The van der Waals surface area contributed by atoms with Crippen molar-refractivity contribution in [2.75, 3.05) is 13.1 Å². The van der Waals surface area contributed by atoms with Crippen LogP contribution in [0.1, 0.15) is 60.8 Å². The molecule has 1 heteroatoms. The van der Waals surface area contributed by atoms with Gasteiger partial charge in [0.05, 0.1) is 0 Å². The maximum atomic E-state index is 2.64. The van der Waals surface area contributed by atoms with Crippen molar-refractivity contribution in [1.82, 2.24) is 4.90 Å². The normalized spacial score (nSPS) is 34.1. The molecule has 1 saturated heterocycles. The summed E-state index contributed by atoms with van der Waals surface area (Å²) in [5, 5.41) is 0. The first kappa shape index (κ1) is 13.4. The molecule has 1 aliphatic heterocycles. The number of hydrogen-bond acceptors (Lipinski definition) is 1. The smallest absolute Gasteiger partial charge is 0.00533 e. The van der Waals surface area contributed by atoms with E-state index >= 15 is 0 Å². The summed E-state index contributed by atoms with van der Waals surface area (Å²) in [5.74, 6) is 1.85. The van der Waals surface area contributed by atoms with Crippen LogP contribution in [-0.4, -0.2) is 24.0 Å². The first-order chi connectivity index (χ1) is 7.73. The van der Waals surface area contributed by atoms with E-state index in [9.17, 15) is 0 Å². The fraction of sp³-hybridized carbons (Fsp3) is 1.00. The Hall–Kier alpha value is -0.0400. The van der Waals surface area contributed by atoms with Crippen LogP contribution in [0.2, 0.25) is 0 Å². The van der Waals surface area contributed by atoms with Crippen LogP contribution < -0.4 is 0 Å². The summed E-state index contributed by atoms with van der Waals surface area (Å²) in [4.78, 5) is 2.64. The summed E-state index contributed by atoms with van der Waals surface area (Å²) in [6, 6.07) is 0.747. The second-order valence-corrected chi connectivity index (χ2v) is 8.19. The van der Waals surface area contributed by atoms with E-state index in [1.165, 1.54) is 32.4 Å². The van der Waals surface area contributed by atoms with Gasteiger partial charge in [-0.1, -0.05) is 27.7 Å². The van der Waals surface area contributed by atoms with E-state index in [1.54, 1.807) is 0 Å². The topological polar surface area (TPSA) is 3.24 Å². The molecule has 0 bridgehead atoms. The molecule has 2 atom stereocenters. The van der Waals surface area contributed by atoms with Crippen LogP contribution in [0.3, 0.4) is 0 Å². The molecule has 1 nitrogen and oxygen atoms in total. The molecular weight excluding hydrogens is 206 g/mol. The lowest BCUT2D eigenvalue weighted by Gasteiger charge is -2.58. The summed E-state index contributed by atoms with van der Waals surface area (Å²) in [6.07, 6.45) is 4.40. The largest absolute Gasteiger partial charge is 0.300 e. The molecule has 1 heterocycles. The van der Waals surface area contributed by atoms with Crippen LogP contribution in [0.15, 0.2) is 0 Å². The molecular formula is C16H31N. The van der Waals surface area contributed by atoms with E-state index in [0.717, 1.165) is 17.9 Å². The third-order valence-electron chi connectivity index (χ3n) is 5.35. The van der Waals surface area contributed by atoms with Gasteiger partial charge in [0.2, 0.25) is 0 Å². The highest BCUT2D eigenvalue weighted by molar-refractivity contribution is 5.01. The number of rotatable bonds is 1. The van der Waals surface area contributed by atoms with E-state index in [1.807, 2.05) is 0 Å². The summed E-state index contributed by atoms with van der Waals surface area (Å²) >= 11 is 0. The van der Waals surface area contributed by atoms with Crippen LogP contribution in [-0.2, 0) is 0 Å². The maximum absolute atomic E-state index is 2.64. The van der Waals surface area contributed by atoms with Gasteiger partial charge < -0.3 is 0 Å². The van der Waals surface area contributed by atoms with Crippen LogP contribution in [0.25, 0.3) is 0 Å². The molecule has 100 valence electrons. The Labute approximate surface area is 108 Å². The highest BCUT2D eigenvalue weighted by Gasteiger charge is 2.49. The Morgan fingerprint density at radius 2 is 1.76 bits per heavy atom. The fourth-order valence-corrected chi connectivity index (χ4v) is 4.43. The molecule has 2 fully saturated rings. The molecule has 1 saturated carbocycles. The maximum Gasteiger partial charge on any atom is 0.00533 e. The Balaban J connectivity index is 1.93. The van der Waals surface area contributed by atoms with Gasteiger partial charge in [-0.15, -0.1) is 0 Å². The number of nitrogens with zero attached hydrogens (tertiary/aromatic N) is 1. The van der Waals surface area contributed by atoms with E-state index in [4.69, 9.17) is 0 Å². The minimum Gasteiger partial charge on any atom is -0.300 e. The first-order valence-corrected chi connectivity index (χ1v) is 7.48. The first-order valence-electron chi connectivity index (χ1n) is 7.48. The SMILES string of the molecule is CC(C)N1CC2(CCC(C(C)(C)C)[C@H](C)C2)C1. The van der Waals surface area contributed by atoms with Crippen molar-refractivity contribution in [3.05, 3.63) is 0 Å². The number of hydrogen-bond donors (Lipinski definition) is 0. The molecule has 0 amide bonds. The van der Waals surface area contributed by atoms with Crippen LogP contribution in [0, 0.1) is 22.7 Å². The second kappa shape index (κ2) is 4.26. The highest BCUT2D eigenvalue weighted by atomic mass is 15.2. The Kier molecular flexibility index (Phi) is 3.36. The quantitative estimate of drug-likeness (QED) is 0.661. The van der Waals surface area contributed by atoms with E-state index < -0.39 is 0 Å². The summed E-state index contributed by atoms with van der Waals surface area (Å²) < 4.78 is 0. The van der Waals surface area contributed by atoms with Gasteiger partial charge in [-0.2, -0.15) is 0 Å².